The van der Waals surface area contributed by atoms with Crippen LogP contribution >= 0.6 is 0 Å². The zero-order valence-electron chi connectivity index (χ0n) is 17.0. The number of carbonyl (C=O) groups excluding carboxylic acids is 1. The molecule has 1 N–H and O–H groups in total. The maximum absolute atomic E-state index is 13.1. The lowest BCUT2D eigenvalue weighted by molar-refractivity contribution is -0.140. The molecule has 2 aliphatic rings. The molecule has 0 aromatic heterocycles. The number of hydrogen-bond acceptors (Lipinski definition) is 3. The van der Waals surface area contributed by atoms with Crippen LogP contribution in [0.1, 0.15) is 37.8 Å². The number of aryl methyl sites for hydroxylation is 1. The Labute approximate surface area is 171 Å². The molecule has 0 amide bonds. The van der Waals surface area contributed by atoms with Crippen molar-refractivity contribution in [2.24, 2.45) is 11.3 Å². The largest absolute Gasteiger partial charge is 0.481 e. The van der Waals surface area contributed by atoms with Gasteiger partial charge in [-0.05, 0) is 42.5 Å². The van der Waals surface area contributed by atoms with E-state index < -0.39 is 11.9 Å². The van der Waals surface area contributed by atoms with Gasteiger partial charge in [0, 0.05) is 23.4 Å². The molecular formula is C25H25NO3. The van der Waals surface area contributed by atoms with E-state index in [1.807, 2.05) is 61.5 Å². The van der Waals surface area contributed by atoms with Crippen LogP contribution in [0.5, 0.6) is 0 Å². The maximum atomic E-state index is 13.1. The van der Waals surface area contributed by atoms with Crippen LogP contribution in [0.2, 0.25) is 0 Å². The van der Waals surface area contributed by atoms with E-state index in [0.29, 0.717) is 18.4 Å². The molecule has 29 heavy (non-hydrogen) atoms. The average Bonchev–Trinajstić information content (AvgIpc) is 2.67. The van der Waals surface area contributed by atoms with Crippen LogP contribution in [0.4, 0.5) is 5.69 Å². The lowest BCUT2D eigenvalue weighted by Gasteiger charge is -2.43. The number of aliphatic carboxylic acids is 1. The summed E-state index contributed by atoms with van der Waals surface area (Å²) in [5.74, 6) is -1.97. The van der Waals surface area contributed by atoms with Gasteiger partial charge in [0.2, 0.25) is 0 Å². The Balaban J connectivity index is 1.97. The number of hydrogen-bond donors (Lipinski definition) is 1. The fourth-order valence-corrected chi connectivity index (χ4v) is 4.33. The van der Waals surface area contributed by atoms with Crippen molar-refractivity contribution < 1.29 is 14.7 Å². The summed E-state index contributed by atoms with van der Waals surface area (Å²) < 4.78 is 0. The fraction of sp³-hybridized carbons (Fsp3) is 0.280. The van der Waals surface area contributed by atoms with Crippen molar-refractivity contribution in [3.05, 3.63) is 83.1 Å². The van der Waals surface area contributed by atoms with Crippen LogP contribution in [-0.4, -0.2) is 16.9 Å². The highest BCUT2D eigenvalue weighted by atomic mass is 16.4. The minimum Gasteiger partial charge on any atom is -0.481 e. The number of allylic oxidation sites excluding steroid dienone is 1. The lowest BCUT2D eigenvalue weighted by atomic mass is 9.71. The number of ketones is 1. The Morgan fingerprint density at radius 1 is 1.03 bits per heavy atom. The Bertz CT molecular complexity index is 1030. The van der Waals surface area contributed by atoms with E-state index in [2.05, 4.69) is 18.7 Å². The van der Waals surface area contributed by atoms with Gasteiger partial charge in [0.1, 0.15) is 5.92 Å². The number of carbonyl (C=O) groups is 2. The summed E-state index contributed by atoms with van der Waals surface area (Å²) in [7, 11) is 0. The number of nitrogens with zero attached hydrogens (tertiary/aromatic N) is 1. The van der Waals surface area contributed by atoms with Crippen LogP contribution in [0, 0.1) is 18.3 Å². The predicted octanol–water partition coefficient (Wildman–Crippen LogP) is 5.20. The summed E-state index contributed by atoms with van der Waals surface area (Å²) in [5.41, 5.74) is 4.84. The summed E-state index contributed by atoms with van der Waals surface area (Å²) in [6, 6.07) is 17.9. The molecule has 0 bridgehead atoms. The third kappa shape index (κ3) is 3.51. The monoisotopic (exact) mass is 387 g/mol. The summed E-state index contributed by atoms with van der Waals surface area (Å²) in [4.78, 5) is 27.3. The van der Waals surface area contributed by atoms with Crippen molar-refractivity contribution in [3.8, 4) is 0 Å². The first-order valence-electron chi connectivity index (χ1n) is 9.90. The highest BCUT2D eigenvalue weighted by Gasteiger charge is 2.43. The molecule has 4 rings (SSSR count). The smallest absolute Gasteiger partial charge is 0.315 e. The quantitative estimate of drug-likeness (QED) is 0.786. The van der Waals surface area contributed by atoms with Gasteiger partial charge in [-0.25, -0.2) is 0 Å². The third-order valence-corrected chi connectivity index (χ3v) is 5.67. The molecule has 0 saturated heterocycles. The van der Waals surface area contributed by atoms with E-state index >= 15 is 0 Å². The van der Waals surface area contributed by atoms with Crippen LogP contribution in [0.25, 0.3) is 5.70 Å². The van der Waals surface area contributed by atoms with E-state index in [0.717, 1.165) is 28.2 Å². The van der Waals surface area contributed by atoms with Crippen molar-refractivity contribution in [2.75, 3.05) is 4.90 Å². The molecule has 2 aromatic carbocycles. The highest BCUT2D eigenvalue weighted by molar-refractivity contribution is 6.06. The van der Waals surface area contributed by atoms with Gasteiger partial charge in [-0.3, -0.25) is 9.59 Å². The molecule has 1 aliphatic carbocycles. The van der Waals surface area contributed by atoms with E-state index in [-0.39, 0.29) is 11.2 Å². The van der Waals surface area contributed by atoms with E-state index in [9.17, 15) is 14.7 Å². The second-order valence-corrected chi connectivity index (χ2v) is 8.71. The van der Waals surface area contributed by atoms with Gasteiger partial charge in [-0.15, -0.1) is 0 Å². The van der Waals surface area contributed by atoms with Gasteiger partial charge < -0.3 is 10.0 Å². The van der Waals surface area contributed by atoms with Crippen LogP contribution in [0.3, 0.4) is 0 Å². The van der Waals surface area contributed by atoms with E-state index in [1.54, 1.807) is 6.08 Å². The summed E-state index contributed by atoms with van der Waals surface area (Å²) in [5, 5.41) is 9.93. The second-order valence-electron chi connectivity index (χ2n) is 8.71. The van der Waals surface area contributed by atoms with Crippen molar-refractivity contribution in [2.45, 2.75) is 33.6 Å². The number of carboxylic acids is 1. The first kappa shape index (κ1) is 19.2. The van der Waals surface area contributed by atoms with Crippen LogP contribution in [-0.2, 0) is 9.59 Å². The topological polar surface area (TPSA) is 57.6 Å². The minimum atomic E-state index is -0.984. The molecule has 0 fully saturated rings. The molecule has 1 unspecified atom stereocenters. The molecule has 0 saturated carbocycles. The van der Waals surface area contributed by atoms with Crippen molar-refractivity contribution in [1.29, 1.82) is 0 Å². The van der Waals surface area contributed by atoms with Crippen molar-refractivity contribution in [3.63, 3.8) is 0 Å². The first-order chi connectivity index (χ1) is 13.8. The third-order valence-electron chi connectivity index (χ3n) is 5.67. The fourth-order valence-electron chi connectivity index (χ4n) is 4.33. The van der Waals surface area contributed by atoms with Gasteiger partial charge in [0.25, 0.3) is 0 Å². The van der Waals surface area contributed by atoms with Crippen molar-refractivity contribution in [1.82, 2.24) is 0 Å². The van der Waals surface area contributed by atoms with Gasteiger partial charge >= 0.3 is 5.97 Å². The van der Waals surface area contributed by atoms with Crippen LogP contribution < -0.4 is 4.90 Å². The summed E-state index contributed by atoms with van der Waals surface area (Å²) >= 11 is 0. The van der Waals surface area contributed by atoms with Gasteiger partial charge in [-0.1, -0.05) is 61.9 Å². The zero-order valence-corrected chi connectivity index (χ0v) is 17.0. The molecule has 0 spiro atoms. The number of benzene rings is 2. The maximum Gasteiger partial charge on any atom is 0.315 e. The molecule has 2 aromatic rings. The average molecular weight is 387 g/mol. The van der Waals surface area contributed by atoms with Gasteiger partial charge in [-0.2, -0.15) is 0 Å². The lowest BCUT2D eigenvalue weighted by Crippen LogP contribution is -2.40. The number of Topliss-reactive ketones (excluding diaryl/α,β-unsaturated/α-hetero) is 1. The second kappa shape index (κ2) is 7.03. The molecule has 0 radical (unpaired) electrons. The number of carboxylic acid groups (broad SMARTS) is 1. The van der Waals surface area contributed by atoms with E-state index in [4.69, 9.17) is 0 Å². The SMILES string of the molecule is Cc1ccc(N2C(c3ccccc3)=CC(C(=O)O)C3=C2CC(C)(C)CC3=O)cc1. The Morgan fingerprint density at radius 3 is 2.31 bits per heavy atom. The number of anilines is 1. The molecule has 1 aliphatic heterocycles. The standard InChI is InChI=1S/C25H25NO3/c1-16-9-11-18(12-10-16)26-20(17-7-5-4-6-8-17)13-19(24(28)29)23-21(26)14-25(2,3)15-22(23)27/h4-13,19H,14-15H2,1-3H3,(H,28,29). The summed E-state index contributed by atoms with van der Waals surface area (Å²) in [6.45, 7) is 6.17. The Kier molecular flexibility index (Phi) is 4.65. The molecule has 1 atom stereocenters. The van der Waals surface area contributed by atoms with E-state index in [1.165, 1.54) is 0 Å². The van der Waals surface area contributed by atoms with Crippen LogP contribution in [0.15, 0.2) is 71.9 Å². The molecule has 4 heteroatoms. The summed E-state index contributed by atoms with van der Waals surface area (Å²) in [6.07, 6.45) is 2.74. The van der Waals surface area contributed by atoms with Gasteiger partial charge in [0.05, 0.1) is 5.70 Å². The first-order valence-corrected chi connectivity index (χ1v) is 9.90. The van der Waals surface area contributed by atoms with Gasteiger partial charge in [0.15, 0.2) is 5.78 Å². The highest BCUT2D eigenvalue weighted by Crippen LogP contribution is 2.47. The Hall–Kier alpha value is -3.14. The number of rotatable bonds is 3. The predicted molar refractivity (Wildman–Crippen MR) is 114 cm³/mol. The molecule has 1 heterocycles. The van der Waals surface area contributed by atoms with Crippen molar-refractivity contribution >= 4 is 23.1 Å². The molecular weight excluding hydrogens is 362 g/mol. The Morgan fingerprint density at radius 2 is 1.69 bits per heavy atom. The normalized spacial score (nSPS) is 20.9. The minimum absolute atomic E-state index is 0.0656. The molecule has 4 nitrogen and oxygen atoms in total. The molecule has 148 valence electrons. The zero-order chi connectivity index (χ0) is 20.8.